The number of nitrogen functional groups attached to an aromatic ring is 1. The second kappa shape index (κ2) is 5.45. The van der Waals surface area contributed by atoms with Crippen molar-refractivity contribution in [3.8, 4) is 6.07 Å². The minimum absolute atomic E-state index is 0.104. The van der Waals surface area contributed by atoms with Crippen molar-refractivity contribution >= 4 is 17.3 Å². The lowest BCUT2D eigenvalue weighted by molar-refractivity contribution is 0.0992. The predicted octanol–water partition coefficient (Wildman–Crippen LogP) is 2.73. The fourth-order valence-corrected chi connectivity index (χ4v) is 1.98. The van der Waals surface area contributed by atoms with Crippen LogP contribution in [-0.4, -0.2) is 13.0 Å². The topological polar surface area (TPSA) is 70.1 Å². The first kappa shape index (κ1) is 13.6. The van der Waals surface area contributed by atoms with Crippen LogP contribution in [0.4, 0.5) is 11.4 Å². The number of nitrogens with two attached hydrogens (primary N) is 1. The lowest BCUT2D eigenvalue weighted by atomic mass is 10.1. The van der Waals surface area contributed by atoms with Gasteiger partial charge in [-0.1, -0.05) is 0 Å². The summed E-state index contributed by atoms with van der Waals surface area (Å²) in [7, 11) is 1.71. The fourth-order valence-electron chi connectivity index (χ4n) is 1.98. The van der Waals surface area contributed by atoms with Gasteiger partial charge in [0.2, 0.25) is 0 Å². The van der Waals surface area contributed by atoms with E-state index in [2.05, 4.69) is 6.07 Å². The second-order valence-corrected chi connectivity index (χ2v) is 4.60. The number of nitrogens with zero attached hydrogens (tertiary/aromatic N) is 2. The third kappa shape index (κ3) is 2.62. The third-order valence-corrected chi connectivity index (χ3v) is 3.17. The van der Waals surface area contributed by atoms with Crippen molar-refractivity contribution in [1.29, 1.82) is 5.26 Å². The van der Waals surface area contributed by atoms with Crippen LogP contribution in [0.3, 0.4) is 0 Å². The molecule has 0 heterocycles. The summed E-state index contributed by atoms with van der Waals surface area (Å²) in [4.78, 5) is 14.0. The molecule has 0 bridgehead atoms. The molecule has 0 atom stereocenters. The number of aryl methyl sites for hydroxylation is 1. The normalized spacial score (nSPS) is 9.85. The Morgan fingerprint density at radius 2 is 1.85 bits per heavy atom. The molecule has 0 aliphatic heterocycles. The van der Waals surface area contributed by atoms with Crippen LogP contribution in [0, 0.1) is 18.3 Å². The van der Waals surface area contributed by atoms with E-state index < -0.39 is 0 Å². The molecule has 0 fully saturated rings. The minimum atomic E-state index is -0.104. The van der Waals surface area contributed by atoms with Crippen LogP contribution in [0.25, 0.3) is 0 Å². The van der Waals surface area contributed by atoms with E-state index in [4.69, 9.17) is 11.0 Å². The van der Waals surface area contributed by atoms with Gasteiger partial charge in [0.05, 0.1) is 11.6 Å². The van der Waals surface area contributed by atoms with Crippen molar-refractivity contribution in [3.05, 3.63) is 59.2 Å². The summed E-state index contributed by atoms with van der Waals surface area (Å²) in [5.41, 5.74) is 9.10. The number of hydrogen-bond donors (Lipinski definition) is 1. The van der Waals surface area contributed by atoms with E-state index in [-0.39, 0.29) is 5.91 Å². The lowest BCUT2D eigenvalue weighted by Crippen LogP contribution is -2.26. The SMILES string of the molecule is Cc1cc(N)ccc1C(=O)N(C)c1ccc(C#N)cc1. The molecule has 20 heavy (non-hydrogen) atoms. The highest BCUT2D eigenvalue weighted by Crippen LogP contribution is 2.19. The van der Waals surface area contributed by atoms with E-state index in [1.165, 1.54) is 0 Å². The monoisotopic (exact) mass is 265 g/mol. The van der Waals surface area contributed by atoms with Crippen LogP contribution >= 0.6 is 0 Å². The molecule has 0 spiro atoms. The molecule has 2 N–H and O–H groups in total. The summed E-state index contributed by atoms with van der Waals surface area (Å²) in [6, 6.07) is 14.2. The van der Waals surface area contributed by atoms with Gasteiger partial charge in [-0.2, -0.15) is 5.26 Å². The summed E-state index contributed by atoms with van der Waals surface area (Å²) in [6.07, 6.45) is 0. The largest absolute Gasteiger partial charge is 0.399 e. The quantitative estimate of drug-likeness (QED) is 0.849. The smallest absolute Gasteiger partial charge is 0.258 e. The van der Waals surface area contributed by atoms with Gasteiger partial charge in [-0.05, 0) is 55.0 Å². The van der Waals surface area contributed by atoms with Crippen molar-refractivity contribution < 1.29 is 4.79 Å². The zero-order valence-corrected chi connectivity index (χ0v) is 11.4. The van der Waals surface area contributed by atoms with Crippen molar-refractivity contribution in [3.63, 3.8) is 0 Å². The van der Waals surface area contributed by atoms with Gasteiger partial charge in [-0.3, -0.25) is 4.79 Å². The molecule has 100 valence electrons. The maximum atomic E-state index is 12.5. The Bertz CT molecular complexity index is 684. The van der Waals surface area contributed by atoms with Gasteiger partial charge in [0, 0.05) is 24.0 Å². The molecule has 0 unspecified atom stereocenters. The lowest BCUT2D eigenvalue weighted by Gasteiger charge is -2.18. The van der Waals surface area contributed by atoms with Crippen molar-refractivity contribution in [2.75, 3.05) is 17.7 Å². The minimum Gasteiger partial charge on any atom is -0.399 e. The first-order chi connectivity index (χ1) is 9.52. The summed E-state index contributed by atoms with van der Waals surface area (Å²) < 4.78 is 0. The molecule has 0 aromatic heterocycles. The summed E-state index contributed by atoms with van der Waals surface area (Å²) in [5.74, 6) is -0.104. The first-order valence-corrected chi connectivity index (χ1v) is 6.17. The average molecular weight is 265 g/mol. The summed E-state index contributed by atoms with van der Waals surface area (Å²) >= 11 is 0. The molecule has 0 aliphatic carbocycles. The summed E-state index contributed by atoms with van der Waals surface area (Å²) in [5, 5.41) is 8.77. The van der Waals surface area contributed by atoms with E-state index in [1.54, 1.807) is 54.4 Å². The van der Waals surface area contributed by atoms with Gasteiger partial charge < -0.3 is 10.6 Å². The van der Waals surface area contributed by atoms with Gasteiger partial charge >= 0.3 is 0 Å². The van der Waals surface area contributed by atoms with Crippen molar-refractivity contribution in [2.24, 2.45) is 0 Å². The molecule has 2 aromatic carbocycles. The number of carbonyl (C=O) groups is 1. The summed E-state index contributed by atoms with van der Waals surface area (Å²) in [6.45, 7) is 1.86. The Morgan fingerprint density at radius 3 is 2.40 bits per heavy atom. The Labute approximate surface area is 118 Å². The number of amides is 1. The van der Waals surface area contributed by atoms with Crippen LogP contribution < -0.4 is 10.6 Å². The highest BCUT2D eigenvalue weighted by Gasteiger charge is 2.15. The van der Waals surface area contributed by atoms with Gasteiger partial charge in [0.1, 0.15) is 0 Å². The number of anilines is 2. The molecule has 1 amide bonds. The van der Waals surface area contributed by atoms with Gasteiger partial charge in [0.15, 0.2) is 0 Å². The molecule has 2 aromatic rings. The van der Waals surface area contributed by atoms with E-state index in [0.717, 1.165) is 11.3 Å². The molecular formula is C16H15N3O. The maximum Gasteiger partial charge on any atom is 0.258 e. The fraction of sp³-hybridized carbons (Fsp3) is 0.125. The molecular weight excluding hydrogens is 250 g/mol. The van der Waals surface area contributed by atoms with Crippen LogP contribution in [0.1, 0.15) is 21.5 Å². The van der Waals surface area contributed by atoms with Gasteiger partial charge in [-0.15, -0.1) is 0 Å². The number of benzene rings is 2. The number of carbonyl (C=O) groups excluding carboxylic acids is 1. The van der Waals surface area contributed by atoms with Crippen LogP contribution in [0.15, 0.2) is 42.5 Å². The zero-order valence-electron chi connectivity index (χ0n) is 11.4. The Kier molecular flexibility index (Phi) is 3.72. The third-order valence-electron chi connectivity index (χ3n) is 3.17. The number of hydrogen-bond acceptors (Lipinski definition) is 3. The molecule has 0 saturated carbocycles. The molecule has 4 nitrogen and oxygen atoms in total. The standard InChI is InChI=1S/C16H15N3O/c1-11-9-13(18)5-8-15(11)16(20)19(2)14-6-3-12(10-17)4-7-14/h3-9H,18H2,1-2H3. The van der Waals surface area contributed by atoms with E-state index in [1.807, 2.05) is 6.92 Å². The van der Waals surface area contributed by atoms with Gasteiger partial charge in [-0.25, -0.2) is 0 Å². The van der Waals surface area contributed by atoms with E-state index >= 15 is 0 Å². The highest BCUT2D eigenvalue weighted by atomic mass is 16.2. The van der Waals surface area contributed by atoms with Crippen LogP contribution in [0.2, 0.25) is 0 Å². The highest BCUT2D eigenvalue weighted by molar-refractivity contribution is 6.06. The van der Waals surface area contributed by atoms with Crippen LogP contribution in [0.5, 0.6) is 0 Å². The van der Waals surface area contributed by atoms with E-state index in [9.17, 15) is 4.79 Å². The average Bonchev–Trinajstić information content (AvgIpc) is 2.46. The first-order valence-electron chi connectivity index (χ1n) is 6.17. The van der Waals surface area contributed by atoms with Gasteiger partial charge in [0.25, 0.3) is 5.91 Å². The Morgan fingerprint density at radius 1 is 1.20 bits per heavy atom. The van der Waals surface area contributed by atoms with Crippen LogP contribution in [-0.2, 0) is 0 Å². The molecule has 2 rings (SSSR count). The van der Waals surface area contributed by atoms with Crippen molar-refractivity contribution in [1.82, 2.24) is 0 Å². The Balaban J connectivity index is 2.30. The zero-order chi connectivity index (χ0) is 14.7. The van der Waals surface area contributed by atoms with E-state index in [0.29, 0.717) is 16.8 Å². The maximum absolute atomic E-state index is 12.5. The molecule has 4 heteroatoms. The molecule has 0 aliphatic rings. The Hall–Kier alpha value is -2.80. The predicted molar refractivity (Wildman–Crippen MR) is 79.5 cm³/mol. The van der Waals surface area contributed by atoms with Crippen molar-refractivity contribution in [2.45, 2.75) is 6.92 Å². The molecule has 0 saturated heterocycles. The second-order valence-electron chi connectivity index (χ2n) is 4.60. The number of nitriles is 1. The number of rotatable bonds is 2. The molecule has 0 radical (unpaired) electrons.